The zero-order chi connectivity index (χ0) is 18.8. The summed E-state index contributed by atoms with van der Waals surface area (Å²) in [5.41, 5.74) is 5.29. The van der Waals surface area contributed by atoms with Crippen LogP contribution in [0.2, 0.25) is 0 Å². The zero-order valence-electron chi connectivity index (χ0n) is 14.4. The van der Waals surface area contributed by atoms with E-state index in [9.17, 15) is 19.7 Å². The number of benzene rings is 1. The van der Waals surface area contributed by atoms with Gasteiger partial charge in [-0.15, -0.1) is 0 Å². The van der Waals surface area contributed by atoms with E-state index in [1.165, 1.54) is 23.1 Å². The van der Waals surface area contributed by atoms with Crippen LogP contribution in [0.1, 0.15) is 33.6 Å². The first-order valence-corrected chi connectivity index (χ1v) is 7.93. The fraction of sp³-hybridized carbons (Fsp3) is 0.500. The maximum absolute atomic E-state index is 12.5. The SMILES string of the molecule is CC(C)(C)OC(=O)N1CCC[C@@H]1C(=O)Nc1cc([N+](=O)[O-])ccc1N. The molecule has 1 fully saturated rings. The molecule has 1 saturated heterocycles. The Hall–Kier alpha value is -2.84. The second kappa shape index (κ2) is 6.96. The largest absolute Gasteiger partial charge is 0.444 e. The number of nitro groups is 1. The fourth-order valence-corrected chi connectivity index (χ4v) is 2.56. The summed E-state index contributed by atoms with van der Waals surface area (Å²) in [6, 6.07) is 3.11. The lowest BCUT2D eigenvalue weighted by atomic mass is 10.2. The Morgan fingerprint density at radius 1 is 1.40 bits per heavy atom. The molecule has 2 rings (SSSR count). The third-order valence-corrected chi connectivity index (χ3v) is 3.69. The van der Waals surface area contributed by atoms with E-state index < -0.39 is 28.6 Å². The number of nitrogens with zero attached hydrogens (tertiary/aromatic N) is 2. The van der Waals surface area contributed by atoms with Crippen molar-refractivity contribution in [2.75, 3.05) is 17.6 Å². The van der Waals surface area contributed by atoms with Crippen molar-refractivity contribution in [3.8, 4) is 0 Å². The number of carbonyl (C=O) groups is 2. The number of non-ortho nitro benzene ring substituents is 1. The maximum atomic E-state index is 12.5. The third-order valence-electron chi connectivity index (χ3n) is 3.69. The number of rotatable bonds is 3. The summed E-state index contributed by atoms with van der Waals surface area (Å²) in [6.45, 7) is 5.66. The van der Waals surface area contributed by atoms with Gasteiger partial charge in [-0.05, 0) is 39.7 Å². The van der Waals surface area contributed by atoms with Crippen LogP contribution in [0.4, 0.5) is 21.9 Å². The lowest BCUT2D eigenvalue weighted by Crippen LogP contribution is -2.45. The maximum Gasteiger partial charge on any atom is 0.410 e. The summed E-state index contributed by atoms with van der Waals surface area (Å²) in [4.78, 5) is 36.5. The van der Waals surface area contributed by atoms with Crippen LogP contribution in [-0.2, 0) is 9.53 Å². The van der Waals surface area contributed by atoms with Crippen molar-refractivity contribution >= 4 is 29.1 Å². The monoisotopic (exact) mass is 350 g/mol. The quantitative estimate of drug-likeness (QED) is 0.490. The Morgan fingerprint density at radius 2 is 2.08 bits per heavy atom. The smallest absolute Gasteiger partial charge is 0.410 e. The summed E-state index contributed by atoms with van der Waals surface area (Å²) < 4.78 is 5.32. The van der Waals surface area contributed by atoms with Gasteiger partial charge < -0.3 is 15.8 Å². The topological polar surface area (TPSA) is 128 Å². The summed E-state index contributed by atoms with van der Waals surface area (Å²) in [6.07, 6.45) is 0.596. The van der Waals surface area contributed by atoms with Gasteiger partial charge in [-0.1, -0.05) is 0 Å². The Kier molecular flexibility index (Phi) is 5.15. The van der Waals surface area contributed by atoms with E-state index in [0.717, 1.165) is 0 Å². The van der Waals surface area contributed by atoms with Crippen molar-refractivity contribution in [2.24, 2.45) is 0 Å². The van der Waals surface area contributed by atoms with Gasteiger partial charge >= 0.3 is 6.09 Å². The molecule has 1 heterocycles. The molecule has 1 aliphatic heterocycles. The van der Waals surface area contributed by atoms with Crippen molar-refractivity contribution < 1.29 is 19.2 Å². The lowest BCUT2D eigenvalue weighted by Gasteiger charge is -2.28. The highest BCUT2D eigenvalue weighted by molar-refractivity contribution is 5.99. The molecule has 25 heavy (non-hydrogen) atoms. The van der Waals surface area contributed by atoms with Crippen molar-refractivity contribution in [3.05, 3.63) is 28.3 Å². The van der Waals surface area contributed by atoms with Gasteiger partial charge in [-0.3, -0.25) is 19.8 Å². The van der Waals surface area contributed by atoms with Crippen LogP contribution in [0.15, 0.2) is 18.2 Å². The predicted octanol–water partition coefficient (Wildman–Crippen LogP) is 2.51. The first kappa shape index (κ1) is 18.5. The van der Waals surface area contributed by atoms with Crippen LogP contribution < -0.4 is 11.1 Å². The Labute approximate surface area is 145 Å². The van der Waals surface area contributed by atoms with Crippen LogP contribution in [0.25, 0.3) is 0 Å². The van der Waals surface area contributed by atoms with E-state index in [2.05, 4.69) is 5.32 Å². The average Bonchev–Trinajstić information content (AvgIpc) is 2.97. The molecule has 3 N–H and O–H groups in total. The lowest BCUT2D eigenvalue weighted by molar-refractivity contribution is -0.384. The van der Waals surface area contributed by atoms with Crippen LogP contribution in [-0.4, -0.2) is 40.0 Å². The number of amides is 2. The molecule has 0 saturated carbocycles. The zero-order valence-corrected chi connectivity index (χ0v) is 14.4. The van der Waals surface area contributed by atoms with E-state index in [4.69, 9.17) is 10.5 Å². The number of nitrogens with one attached hydrogen (secondary N) is 1. The van der Waals surface area contributed by atoms with Crippen molar-refractivity contribution in [3.63, 3.8) is 0 Å². The first-order valence-electron chi connectivity index (χ1n) is 7.93. The van der Waals surface area contributed by atoms with Gasteiger partial charge in [0.1, 0.15) is 11.6 Å². The molecule has 136 valence electrons. The number of nitro benzene ring substituents is 1. The van der Waals surface area contributed by atoms with Crippen LogP contribution in [0.3, 0.4) is 0 Å². The van der Waals surface area contributed by atoms with Gasteiger partial charge in [0, 0.05) is 18.7 Å². The Bertz CT molecular complexity index is 698. The van der Waals surface area contributed by atoms with Gasteiger partial charge in [-0.25, -0.2) is 4.79 Å². The van der Waals surface area contributed by atoms with E-state index in [0.29, 0.717) is 19.4 Å². The number of likely N-dealkylation sites (tertiary alicyclic amines) is 1. The van der Waals surface area contributed by atoms with Gasteiger partial charge in [0.05, 0.1) is 16.3 Å². The van der Waals surface area contributed by atoms with E-state index in [1.807, 2.05) is 0 Å². The van der Waals surface area contributed by atoms with Crippen LogP contribution >= 0.6 is 0 Å². The van der Waals surface area contributed by atoms with Crippen LogP contribution in [0, 0.1) is 10.1 Å². The summed E-state index contributed by atoms with van der Waals surface area (Å²) >= 11 is 0. The van der Waals surface area contributed by atoms with Gasteiger partial charge in [0.25, 0.3) is 5.69 Å². The fourth-order valence-electron chi connectivity index (χ4n) is 2.56. The van der Waals surface area contributed by atoms with E-state index >= 15 is 0 Å². The van der Waals surface area contributed by atoms with Crippen molar-refractivity contribution in [1.82, 2.24) is 4.90 Å². The number of hydrogen-bond donors (Lipinski definition) is 2. The molecule has 9 nitrogen and oxygen atoms in total. The number of anilines is 2. The summed E-state index contributed by atoms with van der Waals surface area (Å²) in [5, 5.41) is 13.4. The second-order valence-electron chi connectivity index (χ2n) is 6.85. The number of nitrogens with two attached hydrogens (primary N) is 1. The number of carbonyl (C=O) groups excluding carboxylic acids is 2. The molecule has 0 spiro atoms. The van der Waals surface area contributed by atoms with Crippen molar-refractivity contribution in [2.45, 2.75) is 45.3 Å². The predicted molar refractivity (Wildman–Crippen MR) is 92.1 cm³/mol. The molecule has 1 aromatic carbocycles. The van der Waals surface area contributed by atoms with Gasteiger partial charge in [0.15, 0.2) is 0 Å². The molecule has 0 unspecified atom stereocenters. The van der Waals surface area contributed by atoms with E-state index in [-0.39, 0.29) is 17.1 Å². The minimum atomic E-state index is -0.700. The molecule has 1 aliphatic rings. The van der Waals surface area contributed by atoms with Gasteiger partial charge in [0.2, 0.25) is 5.91 Å². The highest BCUT2D eigenvalue weighted by atomic mass is 16.6. The minimum absolute atomic E-state index is 0.148. The van der Waals surface area contributed by atoms with Crippen LogP contribution in [0.5, 0.6) is 0 Å². The molecule has 0 aliphatic carbocycles. The van der Waals surface area contributed by atoms with Gasteiger partial charge in [-0.2, -0.15) is 0 Å². The average molecular weight is 350 g/mol. The summed E-state index contributed by atoms with van der Waals surface area (Å²) in [7, 11) is 0. The van der Waals surface area contributed by atoms with E-state index in [1.54, 1.807) is 20.8 Å². The Morgan fingerprint density at radius 3 is 2.68 bits per heavy atom. The minimum Gasteiger partial charge on any atom is -0.444 e. The number of nitrogen functional groups attached to an aromatic ring is 1. The second-order valence-corrected chi connectivity index (χ2v) is 6.85. The molecule has 9 heteroatoms. The molecule has 1 atom stereocenters. The summed E-state index contributed by atoms with van der Waals surface area (Å²) in [5.74, 6) is -0.449. The normalized spacial score (nSPS) is 17.2. The molecule has 0 radical (unpaired) electrons. The molecular weight excluding hydrogens is 328 g/mol. The molecule has 0 bridgehead atoms. The standard InChI is InChI=1S/C16H22N4O5/c1-16(2,3)25-15(22)19-8-4-5-13(19)14(21)18-12-9-10(20(23)24)6-7-11(12)17/h6-7,9,13H,4-5,8,17H2,1-3H3,(H,18,21)/t13-/m1/s1. The first-order chi connectivity index (χ1) is 11.6. The highest BCUT2D eigenvalue weighted by Gasteiger charge is 2.36. The molecular formula is C16H22N4O5. The molecule has 0 aromatic heterocycles. The van der Waals surface area contributed by atoms with Crippen molar-refractivity contribution in [1.29, 1.82) is 0 Å². The number of hydrogen-bond acceptors (Lipinski definition) is 6. The molecule has 1 aromatic rings. The highest BCUT2D eigenvalue weighted by Crippen LogP contribution is 2.27. The third kappa shape index (κ3) is 4.59. The molecule has 2 amide bonds. The number of ether oxygens (including phenoxy) is 1. The Balaban J connectivity index is 2.13.